The van der Waals surface area contributed by atoms with E-state index in [0.717, 1.165) is 16.5 Å². The number of aliphatic hydroxyl groups excluding tert-OH is 1. The maximum absolute atomic E-state index is 13.4. The van der Waals surface area contributed by atoms with E-state index in [9.17, 15) is 14.7 Å². The normalized spacial score (nSPS) is 17.0. The number of ketones is 1. The summed E-state index contributed by atoms with van der Waals surface area (Å²) in [4.78, 5) is 28.2. The summed E-state index contributed by atoms with van der Waals surface area (Å²) in [6.07, 6.45) is 0.836. The first-order valence-corrected chi connectivity index (χ1v) is 12.1. The first-order chi connectivity index (χ1) is 16.9. The molecule has 1 N–H and O–H groups in total. The van der Waals surface area contributed by atoms with Crippen LogP contribution in [0.25, 0.3) is 5.76 Å². The fourth-order valence-corrected chi connectivity index (χ4v) is 4.42. The molecule has 180 valence electrons. The van der Waals surface area contributed by atoms with E-state index >= 15 is 0 Å². The molecule has 1 fully saturated rings. The Bertz CT molecular complexity index is 1320. The summed E-state index contributed by atoms with van der Waals surface area (Å²) in [6.45, 7) is 4.42. The van der Waals surface area contributed by atoms with Crippen molar-refractivity contribution in [1.29, 1.82) is 0 Å². The van der Waals surface area contributed by atoms with Crippen molar-refractivity contribution < 1.29 is 24.2 Å². The molecule has 4 rings (SSSR count). The molecule has 7 heteroatoms. The van der Waals surface area contributed by atoms with Crippen LogP contribution in [0.2, 0.25) is 0 Å². The average molecular weight is 536 g/mol. The highest BCUT2D eigenvalue weighted by Crippen LogP contribution is 2.45. The number of Topliss-reactive ketones (excluding diaryl/α,β-unsaturated/α-hetero) is 1. The van der Waals surface area contributed by atoms with Crippen molar-refractivity contribution in [2.24, 2.45) is 0 Å². The molecule has 0 radical (unpaired) electrons. The minimum absolute atomic E-state index is 0.00102. The lowest BCUT2D eigenvalue weighted by Crippen LogP contribution is -2.29. The number of rotatable bonds is 7. The molecule has 1 amide bonds. The lowest BCUT2D eigenvalue weighted by Gasteiger charge is -2.27. The Balaban J connectivity index is 1.94. The fraction of sp³-hybridized carbons (Fsp3) is 0.214. The van der Waals surface area contributed by atoms with Gasteiger partial charge < -0.3 is 14.6 Å². The van der Waals surface area contributed by atoms with Gasteiger partial charge in [-0.25, -0.2) is 0 Å². The second-order valence-electron chi connectivity index (χ2n) is 8.22. The molecule has 0 aliphatic carbocycles. The summed E-state index contributed by atoms with van der Waals surface area (Å²) in [5.74, 6) is -0.646. The molecule has 1 aliphatic heterocycles. The van der Waals surface area contributed by atoms with Gasteiger partial charge in [-0.2, -0.15) is 0 Å². The second-order valence-corrected chi connectivity index (χ2v) is 9.08. The van der Waals surface area contributed by atoms with Gasteiger partial charge in [0, 0.05) is 27.4 Å². The van der Waals surface area contributed by atoms with Gasteiger partial charge in [-0.3, -0.25) is 14.5 Å². The number of benzene rings is 3. The van der Waals surface area contributed by atoms with Gasteiger partial charge in [-0.1, -0.05) is 53.2 Å². The van der Waals surface area contributed by atoms with E-state index in [1.165, 1.54) is 12.0 Å². The number of ether oxygens (including phenoxy) is 2. The van der Waals surface area contributed by atoms with Crippen LogP contribution < -0.4 is 14.4 Å². The van der Waals surface area contributed by atoms with Crippen molar-refractivity contribution in [3.8, 4) is 11.5 Å². The van der Waals surface area contributed by atoms with Gasteiger partial charge in [0.15, 0.2) is 0 Å². The molecule has 6 nitrogen and oxygen atoms in total. The lowest BCUT2D eigenvalue weighted by atomic mass is 9.94. The summed E-state index contributed by atoms with van der Waals surface area (Å²) in [5, 5.41) is 11.4. The standard InChI is InChI=1S/C28H26BrNO5/c1-4-14-35-20-9-7-8-19(16-20)30-25(21-10-5-6-11-23(21)34-3)24(27(32)28(30)33)26(31)18-12-13-22(29)17(2)15-18/h5-13,15-16,25,31H,4,14H2,1-3H3/b26-24+. The Morgan fingerprint density at radius 1 is 1.06 bits per heavy atom. The van der Waals surface area contributed by atoms with Gasteiger partial charge in [-0.15, -0.1) is 0 Å². The number of hydrogen-bond donors (Lipinski definition) is 1. The maximum Gasteiger partial charge on any atom is 0.300 e. The highest BCUT2D eigenvalue weighted by Gasteiger charge is 2.48. The van der Waals surface area contributed by atoms with Gasteiger partial charge in [-0.05, 0) is 49.2 Å². The summed E-state index contributed by atoms with van der Waals surface area (Å²) < 4.78 is 12.2. The van der Waals surface area contributed by atoms with E-state index in [2.05, 4.69) is 15.9 Å². The number of halogens is 1. The first kappa shape index (κ1) is 24.5. The number of amides is 1. The SMILES string of the molecule is CCCOc1cccc(N2C(=O)C(=O)/C(=C(/O)c3ccc(Br)c(C)c3)C2c2ccccc2OC)c1. The first-order valence-electron chi connectivity index (χ1n) is 11.3. The molecular formula is C28H26BrNO5. The van der Waals surface area contributed by atoms with Crippen LogP contribution in [-0.4, -0.2) is 30.5 Å². The number of methoxy groups -OCH3 is 1. The third-order valence-corrected chi connectivity index (χ3v) is 6.77. The molecule has 3 aromatic rings. The number of nitrogens with zero attached hydrogens (tertiary/aromatic N) is 1. The van der Waals surface area contributed by atoms with Crippen molar-refractivity contribution in [1.82, 2.24) is 0 Å². The smallest absolute Gasteiger partial charge is 0.300 e. The van der Waals surface area contributed by atoms with Crippen LogP contribution in [0.1, 0.15) is 36.1 Å². The Morgan fingerprint density at radius 2 is 1.83 bits per heavy atom. The van der Waals surface area contributed by atoms with Crippen LogP contribution in [0.3, 0.4) is 0 Å². The quantitative estimate of drug-likeness (QED) is 0.222. The van der Waals surface area contributed by atoms with Crippen molar-refractivity contribution in [3.05, 3.63) is 93.5 Å². The Kier molecular flexibility index (Phi) is 7.26. The van der Waals surface area contributed by atoms with Crippen molar-refractivity contribution in [2.45, 2.75) is 26.3 Å². The molecule has 0 aromatic heterocycles. The Labute approximate surface area is 212 Å². The van der Waals surface area contributed by atoms with Crippen molar-refractivity contribution >= 4 is 39.1 Å². The van der Waals surface area contributed by atoms with Crippen LogP contribution in [-0.2, 0) is 9.59 Å². The third-order valence-electron chi connectivity index (χ3n) is 5.88. The van der Waals surface area contributed by atoms with E-state index in [4.69, 9.17) is 9.47 Å². The summed E-state index contributed by atoms with van der Waals surface area (Å²) in [5.41, 5.74) is 2.41. The van der Waals surface area contributed by atoms with Gasteiger partial charge >= 0.3 is 0 Å². The molecule has 1 unspecified atom stereocenters. The van der Waals surface area contributed by atoms with Crippen molar-refractivity contribution in [2.75, 3.05) is 18.6 Å². The van der Waals surface area contributed by atoms with E-state index < -0.39 is 17.7 Å². The largest absolute Gasteiger partial charge is 0.507 e. The van der Waals surface area contributed by atoms with E-state index in [0.29, 0.717) is 34.9 Å². The number of para-hydroxylation sites is 1. The van der Waals surface area contributed by atoms with Gasteiger partial charge in [0.25, 0.3) is 11.7 Å². The topological polar surface area (TPSA) is 76.1 Å². The van der Waals surface area contributed by atoms with Crippen LogP contribution in [0.4, 0.5) is 5.69 Å². The fourth-order valence-electron chi connectivity index (χ4n) is 4.18. The minimum Gasteiger partial charge on any atom is -0.507 e. The predicted molar refractivity (Wildman–Crippen MR) is 139 cm³/mol. The number of hydrogen-bond acceptors (Lipinski definition) is 5. The summed E-state index contributed by atoms with van der Waals surface area (Å²) in [7, 11) is 1.53. The zero-order chi connectivity index (χ0) is 25.1. The van der Waals surface area contributed by atoms with E-state index in [1.54, 1.807) is 54.6 Å². The third kappa shape index (κ3) is 4.68. The van der Waals surface area contributed by atoms with E-state index in [-0.39, 0.29) is 11.3 Å². The molecule has 1 heterocycles. The molecule has 0 bridgehead atoms. The molecule has 1 saturated heterocycles. The zero-order valence-electron chi connectivity index (χ0n) is 19.7. The second kappa shape index (κ2) is 10.4. The van der Waals surface area contributed by atoms with Crippen molar-refractivity contribution in [3.63, 3.8) is 0 Å². The number of aliphatic hydroxyl groups is 1. The monoisotopic (exact) mass is 535 g/mol. The molecule has 35 heavy (non-hydrogen) atoms. The van der Waals surface area contributed by atoms with Gasteiger partial charge in [0.05, 0.1) is 25.3 Å². The molecule has 0 spiro atoms. The summed E-state index contributed by atoms with van der Waals surface area (Å²) in [6, 6.07) is 18.6. The highest BCUT2D eigenvalue weighted by molar-refractivity contribution is 9.10. The summed E-state index contributed by atoms with van der Waals surface area (Å²) >= 11 is 3.46. The Hall–Kier alpha value is -3.58. The minimum atomic E-state index is -0.892. The number of carbonyl (C=O) groups is 2. The van der Waals surface area contributed by atoms with Crippen LogP contribution in [0.5, 0.6) is 11.5 Å². The molecular weight excluding hydrogens is 510 g/mol. The molecule has 3 aromatic carbocycles. The highest BCUT2D eigenvalue weighted by atomic mass is 79.9. The maximum atomic E-state index is 13.4. The molecule has 0 saturated carbocycles. The van der Waals surface area contributed by atoms with E-state index in [1.807, 2.05) is 26.0 Å². The molecule has 1 atom stereocenters. The van der Waals surface area contributed by atoms with Gasteiger partial charge in [0.2, 0.25) is 0 Å². The zero-order valence-corrected chi connectivity index (χ0v) is 21.3. The van der Waals surface area contributed by atoms with Crippen LogP contribution in [0.15, 0.2) is 76.8 Å². The van der Waals surface area contributed by atoms with Crippen LogP contribution >= 0.6 is 15.9 Å². The lowest BCUT2D eigenvalue weighted by molar-refractivity contribution is -0.132. The Morgan fingerprint density at radius 3 is 2.54 bits per heavy atom. The van der Waals surface area contributed by atoms with Crippen LogP contribution in [0, 0.1) is 6.92 Å². The molecule has 1 aliphatic rings. The number of anilines is 1. The number of aryl methyl sites for hydroxylation is 1. The average Bonchev–Trinajstić information content (AvgIpc) is 3.14. The number of carbonyl (C=O) groups excluding carboxylic acids is 2. The van der Waals surface area contributed by atoms with Gasteiger partial charge in [0.1, 0.15) is 17.3 Å². The predicted octanol–water partition coefficient (Wildman–Crippen LogP) is 6.18.